The van der Waals surface area contributed by atoms with Gasteiger partial charge in [0, 0.05) is 18.7 Å². The van der Waals surface area contributed by atoms with E-state index in [0.717, 1.165) is 28.5 Å². The number of amides is 1. The van der Waals surface area contributed by atoms with Crippen LogP contribution < -0.4 is 0 Å². The number of ether oxygens (including phenoxy) is 1. The van der Waals surface area contributed by atoms with E-state index in [-0.39, 0.29) is 30.0 Å². The van der Waals surface area contributed by atoms with Gasteiger partial charge in [-0.1, -0.05) is 42.5 Å². The number of carbonyl (C=O) groups excluding carboxylic acids is 2. The topological polar surface area (TPSA) is 46.6 Å². The summed E-state index contributed by atoms with van der Waals surface area (Å²) in [6.07, 6.45) is -3.52. The lowest BCUT2D eigenvalue weighted by Crippen LogP contribution is -2.40. The molecule has 0 saturated carbocycles. The predicted molar refractivity (Wildman–Crippen MR) is 114 cm³/mol. The number of rotatable bonds is 4. The number of piperidine rings is 1. The van der Waals surface area contributed by atoms with Crippen molar-refractivity contribution >= 4 is 22.6 Å². The van der Waals surface area contributed by atoms with Gasteiger partial charge >= 0.3 is 12.1 Å². The van der Waals surface area contributed by atoms with Crippen LogP contribution in [0.3, 0.4) is 0 Å². The third-order valence-corrected chi connectivity index (χ3v) is 5.82. The highest BCUT2D eigenvalue weighted by Gasteiger charge is 2.32. The standard InChI is InChI=1S/C25H22F3NO3/c26-25(27,28)21-10-8-18(9-11-21)23(30)29-14-12-19(13-15-29)24(31)32-16-20-6-3-5-17-4-1-2-7-22(17)20/h1-11,19H,12-16H2. The molecule has 1 heterocycles. The van der Waals surface area contributed by atoms with E-state index in [1.165, 1.54) is 12.1 Å². The molecule has 1 aliphatic rings. The first-order valence-corrected chi connectivity index (χ1v) is 10.4. The summed E-state index contributed by atoms with van der Waals surface area (Å²) in [7, 11) is 0. The fraction of sp³-hybridized carbons (Fsp3) is 0.280. The molecule has 0 spiro atoms. The molecule has 3 aromatic carbocycles. The Bertz CT molecular complexity index is 1110. The van der Waals surface area contributed by atoms with Crippen molar-refractivity contribution in [3.8, 4) is 0 Å². The molecule has 1 aliphatic heterocycles. The van der Waals surface area contributed by atoms with Crippen molar-refractivity contribution in [1.29, 1.82) is 0 Å². The Hall–Kier alpha value is -3.35. The van der Waals surface area contributed by atoms with E-state index in [2.05, 4.69) is 0 Å². The molecule has 1 amide bonds. The molecule has 1 saturated heterocycles. The molecule has 0 radical (unpaired) electrons. The second-order valence-corrected chi connectivity index (χ2v) is 7.89. The highest BCUT2D eigenvalue weighted by Crippen LogP contribution is 2.29. The van der Waals surface area contributed by atoms with Gasteiger partial charge in [-0.15, -0.1) is 0 Å². The van der Waals surface area contributed by atoms with Crippen molar-refractivity contribution in [3.05, 3.63) is 83.4 Å². The largest absolute Gasteiger partial charge is 0.461 e. The van der Waals surface area contributed by atoms with Crippen molar-refractivity contribution in [3.63, 3.8) is 0 Å². The van der Waals surface area contributed by atoms with Crippen LogP contribution in [-0.4, -0.2) is 29.9 Å². The maximum absolute atomic E-state index is 12.7. The van der Waals surface area contributed by atoms with Crippen molar-refractivity contribution in [2.45, 2.75) is 25.6 Å². The molecular weight excluding hydrogens is 419 g/mol. The number of hydrogen-bond acceptors (Lipinski definition) is 3. The van der Waals surface area contributed by atoms with Crippen LogP contribution in [0.25, 0.3) is 10.8 Å². The van der Waals surface area contributed by atoms with E-state index < -0.39 is 11.7 Å². The molecule has 166 valence electrons. The molecule has 0 atom stereocenters. The van der Waals surface area contributed by atoms with E-state index in [4.69, 9.17) is 4.74 Å². The minimum atomic E-state index is -4.44. The zero-order valence-electron chi connectivity index (χ0n) is 17.3. The summed E-state index contributed by atoms with van der Waals surface area (Å²) in [5, 5.41) is 2.12. The van der Waals surface area contributed by atoms with Crippen LogP contribution in [0.15, 0.2) is 66.7 Å². The highest BCUT2D eigenvalue weighted by molar-refractivity contribution is 5.94. The number of halogens is 3. The molecule has 0 bridgehead atoms. The molecule has 0 aromatic heterocycles. The van der Waals surface area contributed by atoms with E-state index >= 15 is 0 Å². The Morgan fingerprint density at radius 2 is 1.56 bits per heavy atom. The molecule has 4 nitrogen and oxygen atoms in total. The maximum Gasteiger partial charge on any atom is 0.416 e. The monoisotopic (exact) mass is 441 g/mol. The van der Waals surface area contributed by atoms with Crippen LogP contribution in [0, 0.1) is 5.92 Å². The third-order valence-electron chi connectivity index (χ3n) is 5.82. The molecule has 0 unspecified atom stereocenters. The summed E-state index contributed by atoms with van der Waals surface area (Å²) in [5.41, 5.74) is 0.350. The molecule has 32 heavy (non-hydrogen) atoms. The SMILES string of the molecule is O=C(OCc1cccc2ccccc12)C1CCN(C(=O)c2ccc(C(F)(F)F)cc2)CC1. The summed E-state index contributed by atoms with van der Waals surface area (Å²) in [4.78, 5) is 26.7. The van der Waals surface area contributed by atoms with Crippen LogP contribution in [0.4, 0.5) is 13.2 Å². The zero-order valence-corrected chi connectivity index (χ0v) is 17.3. The van der Waals surface area contributed by atoms with Crippen molar-refractivity contribution in [2.24, 2.45) is 5.92 Å². The zero-order chi connectivity index (χ0) is 22.7. The maximum atomic E-state index is 12.7. The molecular formula is C25H22F3NO3. The lowest BCUT2D eigenvalue weighted by Gasteiger charge is -2.31. The average Bonchev–Trinajstić information content (AvgIpc) is 2.81. The lowest BCUT2D eigenvalue weighted by molar-refractivity contribution is -0.151. The quantitative estimate of drug-likeness (QED) is 0.506. The number of likely N-dealkylation sites (tertiary alicyclic amines) is 1. The Balaban J connectivity index is 1.31. The van der Waals surface area contributed by atoms with Gasteiger partial charge in [-0.3, -0.25) is 9.59 Å². The second-order valence-electron chi connectivity index (χ2n) is 7.89. The second kappa shape index (κ2) is 9.02. The normalized spacial score (nSPS) is 15.0. The van der Waals surface area contributed by atoms with Gasteiger partial charge in [0.15, 0.2) is 0 Å². The number of carbonyl (C=O) groups is 2. The van der Waals surface area contributed by atoms with Crippen LogP contribution in [0.2, 0.25) is 0 Å². The molecule has 0 aliphatic carbocycles. The van der Waals surface area contributed by atoms with Crippen LogP contribution in [0.1, 0.15) is 34.3 Å². The average molecular weight is 441 g/mol. The van der Waals surface area contributed by atoms with Gasteiger partial charge in [0.1, 0.15) is 6.61 Å². The van der Waals surface area contributed by atoms with E-state index in [9.17, 15) is 22.8 Å². The summed E-state index contributed by atoms with van der Waals surface area (Å²) >= 11 is 0. The first kappa shape index (κ1) is 21.9. The molecule has 0 N–H and O–H groups in total. The van der Waals surface area contributed by atoms with Crippen molar-refractivity contribution < 1.29 is 27.5 Å². The van der Waals surface area contributed by atoms with Crippen molar-refractivity contribution in [2.75, 3.05) is 13.1 Å². The van der Waals surface area contributed by atoms with E-state index in [1.54, 1.807) is 4.90 Å². The van der Waals surface area contributed by atoms with Gasteiger partial charge in [0.05, 0.1) is 11.5 Å². The van der Waals surface area contributed by atoms with Gasteiger partial charge in [-0.05, 0) is 53.4 Å². The number of esters is 1. The number of hydrogen-bond donors (Lipinski definition) is 0. The van der Waals surface area contributed by atoms with E-state index in [1.807, 2.05) is 42.5 Å². The van der Waals surface area contributed by atoms with Gasteiger partial charge in [-0.25, -0.2) is 0 Å². The molecule has 1 fully saturated rings. The van der Waals surface area contributed by atoms with E-state index in [0.29, 0.717) is 25.9 Å². The number of nitrogens with zero attached hydrogens (tertiary/aromatic N) is 1. The van der Waals surface area contributed by atoms with Crippen LogP contribution in [0.5, 0.6) is 0 Å². The Morgan fingerprint density at radius 1 is 0.906 bits per heavy atom. The Labute approximate surface area is 183 Å². The fourth-order valence-corrected chi connectivity index (χ4v) is 3.99. The predicted octanol–water partition coefficient (Wildman–Crippen LogP) is 5.45. The van der Waals surface area contributed by atoms with Gasteiger partial charge in [-0.2, -0.15) is 13.2 Å². The highest BCUT2D eigenvalue weighted by atomic mass is 19.4. The third kappa shape index (κ3) is 4.77. The molecule has 4 rings (SSSR count). The summed E-state index contributed by atoms with van der Waals surface area (Å²) in [6, 6.07) is 17.9. The number of fused-ring (bicyclic) bond motifs is 1. The first-order chi connectivity index (χ1) is 15.3. The first-order valence-electron chi connectivity index (χ1n) is 10.4. The lowest BCUT2D eigenvalue weighted by atomic mass is 9.96. The summed E-state index contributed by atoms with van der Waals surface area (Å²) < 4.78 is 43.7. The summed E-state index contributed by atoms with van der Waals surface area (Å²) in [6.45, 7) is 0.896. The fourth-order valence-electron chi connectivity index (χ4n) is 3.99. The Morgan fingerprint density at radius 3 is 2.25 bits per heavy atom. The van der Waals surface area contributed by atoms with Crippen LogP contribution in [-0.2, 0) is 22.3 Å². The smallest absolute Gasteiger partial charge is 0.416 e. The summed E-state index contributed by atoms with van der Waals surface area (Å²) in [5.74, 6) is -0.928. The van der Waals surface area contributed by atoms with Gasteiger partial charge in [0.2, 0.25) is 0 Å². The molecule has 7 heteroatoms. The van der Waals surface area contributed by atoms with Gasteiger partial charge in [0.25, 0.3) is 5.91 Å². The van der Waals surface area contributed by atoms with Crippen LogP contribution >= 0.6 is 0 Å². The number of alkyl halides is 3. The minimum Gasteiger partial charge on any atom is -0.461 e. The Kier molecular flexibility index (Phi) is 6.17. The van der Waals surface area contributed by atoms with Crippen molar-refractivity contribution in [1.82, 2.24) is 4.90 Å². The molecule has 3 aromatic rings. The minimum absolute atomic E-state index is 0.185. The number of benzene rings is 3. The van der Waals surface area contributed by atoms with Gasteiger partial charge < -0.3 is 9.64 Å².